The summed E-state index contributed by atoms with van der Waals surface area (Å²) < 4.78 is 0. The van der Waals surface area contributed by atoms with Crippen LogP contribution in [0.3, 0.4) is 0 Å². The molecule has 1 aliphatic carbocycles. The lowest BCUT2D eigenvalue weighted by Gasteiger charge is -2.07. The number of H-pyrrole nitrogens is 1. The molecule has 0 aliphatic heterocycles. The minimum Gasteiger partial charge on any atom is -0.481 e. The Morgan fingerprint density at radius 3 is 2.86 bits per heavy atom. The molecule has 0 amide bonds. The Labute approximate surface area is 174 Å². The van der Waals surface area contributed by atoms with Crippen molar-refractivity contribution in [2.24, 2.45) is 0 Å². The normalized spacial score (nSPS) is 13.8. The first-order valence-electron chi connectivity index (χ1n) is 8.88. The number of hydrogen-bond donors (Lipinski definition) is 2. The van der Waals surface area contributed by atoms with Crippen LogP contribution in [0.15, 0.2) is 29.1 Å². The second-order valence-corrected chi connectivity index (χ2v) is 9.16. The highest BCUT2D eigenvalue weighted by molar-refractivity contribution is 8.08. The summed E-state index contributed by atoms with van der Waals surface area (Å²) in [6, 6.07) is 7.32. The molecule has 0 unspecified atom stereocenters. The molecule has 0 saturated heterocycles. The number of carbonyl (C=O) groups is 1. The largest absolute Gasteiger partial charge is 0.481 e. The number of aromatic nitrogens is 2. The van der Waals surface area contributed by atoms with E-state index in [-0.39, 0.29) is 12.0 Å². The summed E-state index contributed by atoms with van der Waals surface area (Å²) in [5, 5.41) is 10.3. The Morgan fingerprint density at radius 1 is 1.32 bits per heavy atom. The highest BCUT2D eigenvalue weighted by atomic mass is 35.5. The van der Waals surface area contributed by atoms with Gasteiger partial charge in [0.15, 0.2) is 0 Å². The van der Waals surface area contributed by atoms with Crippen LogP contribution in [-0.4, -0.2) is 26.8 Å². The lowest BCUT2D eigenvalue weighted by Crippen LogP contribution is -2.11. The minimum absolute atomic E-state index is 0.0302. The predicted molar refractivity (Wildman–Crippen MR) is 116 cm³/mol. The van der Waals surface area contributed by atoms with E-state index < -0.39 is 5.97 Å². The molecule has 5 nitrogen and oxygen atoms in total. The third-order valence-electron chi connectivity index (χ3n) is 4.55. The Kier molecular flexibility index (Phi) is 5.57. The summed E-state index contributed by atoms with van der Waals surface area (Å²) in [6.45, 7) is 0. The van der Waals surface area contributed by atoms with Gasteiger partial charge in [0.1, 0.15) is 10.7 Å². The van der Waals surface area contributed by atoms with Crippen molar-refractivity contribution >= 4 is 61.9 Å². The van der Waals surface area contributed by atoms with Crippen LogP contribution in [0, 0.1) is 0 Å². The molecule has 144 valence electrons. The zero-order valence-corrected chi connectivity index (χ0v) is 17.2. The maximum Gasteiger partial charge on any atom is 0.304 e. The monoisotopic (exact) mass is 432 g/mol. The van der Waals surface area contributed by atoms with E-state index in [4.69, 9.17) is 21.7 Å². The third kappa shape index (κ3) is 4.01. The standard InChI is InChI=1S/C20H17ClN2O3S2/c21-12-6-4-11(5-7-12)10-15(27-9-8-16(24)25)18-22-19(26)17-13-2-1-3-14(13)28-20(17)23-18/h4-7,10H,1-3,8-9H2,(H,24,25)(H,22,23,26). The number of hydrogen-bond acceptors (Lipinski definition) is 5. The molecule has 1 aliphatic rings. The first-order valence-corrected chi connectivity index (χ1v) is 11.1. The number of thioether (sulfide) groups is 1. The summed E-state index contributed by atoms with van der Waals surface area (Å²) in [4.78, 5) is 34.0. The van der Waals surface area contributed by atoms with E-state index in [2.05, 4.69) is 4.98 Å². The van der Waals surface area contributed by atoms with Crippen LogP contribution in [0.1, 0.15) is 34.7 Å². The molecule has 0 bridgehead atoms. The van der Waals surface area contributed by atoms with Gasteiger partial charge in [-0.1, -0.05) is 23.7 Å². The molecule has 8 heteroatoms. The van der Waals surface area contributed by atoms with Crippen molar-refractivity contribution in [1.29, 1.82) is 0 Å². The van der Waals surface area contributed by atoms with E-state index in [0.717, 1.165) is 40.1 Å². The van der Waals surface area contributed by atoms with Crippen LogP contribution < -0.4 is 5.56 Å². The van der Waals surface area contributed by atoms with Gasteiger partial charge < -0.3 is 10.1 Å². The molecule has 3 aromatic rings. The Morgan fingerprint density at radius 2 is 2.11 bits per heavy atom. The van der Waals surface area contributed by atoms with Crippen LogP contribution in [0.4, 0.5) is 0 Å². The highest BCUT2D eigenvalue weighted by Gasteiger charge is 2.21. The molecule has 0 saturated carbocycles. The SMILES string of the molecule is O=C(O)CCSC(=Cc1ccc(Cl)cc1)c1nc2sc3c(c2c(=O)[nH]1)CCC3. The van der Waals surface area contributed by atoms with Gasteiger partial charge in [-0.05, 0) is 48.6 Å². The summed E-state index contributed by atoms with van der Waals surface area (Å²) in [5.41, 5.74) is 1.92. The molecule has 2 N–H and O–H groups in total. The molecular formula is C20H17ClN2O3S2. The van der Waals surface area contributed by atoms with Gasteiger partial charge >= 0.3 is 5.97 Å². The van der Waals surface area contributed by atoms with Crippen LogP contribution in [-0.2, 0) is 17.6 Å². The lowest BCUT2D eigenvalue weighted by atomic mass is 10.2. The number of rotatable bonds is 6. The van der Waals surface area contributed by atoms with Gasteiger partial charge in [0.05, 0.1) is 16.7 Å². The number of carboxylic acids is 1. The quantitative estimate of drug-likeness (QED) is 0.582. The molecule has 28 heavy (non-hydrogen) atoms. The number of thiophene rings is 1. The van der Waals surface area contributed by atoms with Crippen LogP contribution in [0.5, 0.6) is 0 Å². The van der Waals surface area contributed by atoms with Gasteiger partial charge in [0.2, 0.25) is 0 Å². The van der Waals surface area contributed by atoms with E-state index in [9.17, 15) is 9.59 Å². The summed E-state index contributed by atoms with van der Waals surface area (Å²) >= 11 is 8.92. The van der Waals surface area contributed by atoms with Crippen molar-refractivity contribution in [2.75, 3.05) is 5.75 Å². The third-order valence-corrected chi connectivity index (χ3v) is 7.02. The summed E-state index contributed by atoms with van der Waals surface area (Å²) in [7, 11) is 0. The zero-order chi connectivity index (χ0) is 19.7. The maximum absolute atomic E-state index is 12.8. The Bertz CT molecular complexity index is 1130. The minimum atomic E-state index is -0.857. The molecule has 4 rings (SSSR count). The summed E-state index contributed by atoms with van der Waals surface area (Å²) in [5.74, 6) is 0.00459. The topological polar surface area (TPSA) is 83.0 Å². The molecule has 0 spiro atoms. The number of nitrogens with one attached hydrogen (secondary N) is 1. The smallest absolute Gasteiger partial charge is 0.304 e. The van der Waals surface area contributed by atoms with E-state index in [1.165, 1.54) is 16.6 Å². The first kappa shape index (κ1) is 19.2. The second kappa shape index (κ2) is 8.11. The number of nitrogens with zero attached hydrogens (tertiary/aromatic N) is 1. The summed E-state index contributed by atoms with van der Waals surface area (Å²) in [6.07, 6.45) is 4.95. The fourth-order valence-corrected chi connectivity index (χ4v) is 5.59. The Balaban J connectivity index is 1.76. The molecule has 0 atom stereocenters. The number of aromatic amines is 1. The van der Waals surface area contributed by atoms with E-state index >= 15 is 0 Å². The molecule has 0 fully saturated rings. The average molecular weight is 433 g/mol. The number of benzene rings is 1. The Hall–Kier alpha value is -2.09. The molecule has 0 radical (unpaired) electrons. The van der Waals surface area contributed by atoms with Gasteiger partial charge in [-0.25, -0.2) is 4.98 Å². The van der Waals surface area contributed by atoms with Crippen LogP contribution >= 0.6 is 34.7 Å². The maximum atomic E-state index is 12.8. The van der Waals surface area contributed by atoms with Crippen molar-refractivity contribution < 1.29 is 9.90 Å². The average Bonchev–Trinajstić information content (AvgIpc) is 3.23. The molecule has 2 aromatic heterocycles. The fraction of sp³-hybridized carbons (Fsp3) is 0.250. The number of fused-ring (bicyclic) bond motifs is 3. The highest BCUT2D eigenvalue weighted by Crippen LogP contribution is 2.36. The van der Waals surface area contributed by atoms with Gasteiger partial charge in [-0.2, -0.15) is 0 Å². The van der Waals surface area contributed by atoms with Crippen LogP contribution in [0.25, 0.3) is 21.2 Å². The van der Waals surface area contributed by atoms with Crippen molar-refractivity contribution in [3.05, 3.63) is 61.5 Å². The first-order chi connectivity index (χ1) is 13.5. The number of aliphatic carboxylic acids is 1. The predicted octanol–water partition coefficient (Wildman–Crippen LogP) is 4.83. The fourth-order valence-electron chi connectivity index (χ4n) is 3.26. The van der Waals surface area contributed by atoms with Crippen molar-refractivity contribution in [3.8, 4) is 0 Å². The van der Waals surface area contributed by atoms with Crippen molar-refractivity contribution in [2.45, 2.75) is 25.7 Å². The molecule has 2 heterocycles. The van der Waals surface area contributed by atoms with Crippen LogP contribution in [0.2, 0.25) is 5.02 Å². The molecular weight excluding hydrogens is 416 g/mol. The number of carboxylic acid groups (broad SMARTS) is 1. The van der Waals surface area contributed by atoms with E-state index in [0.29, 0.717) is 22.0 Å². The number of halogens is 1. The molecule has 1 aromatic carbocycles. The zero-order valence-electron chi connectivity index (χ0n) is 14.8. The lowest BCUT2D eigenvalue weighted by molar-refractivity contribution is -0.136. The second-order valence-electron chi connectivity index (χ2n) is 6.50. The van der Waals surface area contributed by atoms with E-state index in [1.54, 1.807) is 23.5 Å². The van der Waals surface area contributed by atoms with Gasteiger partial charge in [-0.3, -0.25) is 9.59 Å². The van der Waals surface area contributed by atoms with Crippen molar-refractivity contribution in [1.82, 2.24) is 9.97 Å². The van der Waals surface area contributed by atoms with E-state index in [1.807, 2.05) is 18.2 Å². The number of aryl methyl sites for hydroxylation is 2. The van der Waals surface area contributed by atoms with Gasteiger partial charge in [0, 0.05) is 15.7 Å². The van der Waals surface area contributed by atoms with Gasteiger partial charge in [-0.15, -0.1) is 23.1 Å². The van der Waals surface area contributed by atoms with Crippen molar-refractivity contribution in [3.63, 3.8) is 0 Å². The van der Waals surface area contributed by atoms with Gasteiger partial charge in [0.25, 0.3) is 5.56 Å².